The Kier molecular flexibility index (Phi) is 4.05. The van der Waals surface area contributed by atoms with Crippen molar-refractivity contribution in [2.24, 2.45) is 0 Å². The summed E-state index contributed by atoms with van der Waals surface area (Å²) in [5.74, 6) is -0.451. The van der Waals surface area contributed by atoms with E-state index >= 15 is 0 Å². The minimum atomic E-state index is -4.35. The highest BCUT2D eigenvalue weighted by molar-refractivity contribution is 6.03. The number of aromatic nitrogens is 1. The molecule has 0 radical (unpaired) electrons. The number of hydrogen-bond acceptors (Lipinski definition) is 2. The second-order valence-corrected chi connectivity index (χ2v) is 5.37. The molecule has 1 heterocycles. The van der Waals surface area contributed by atoms with Gasteiger partial charge in [0.15, 0.2) is 0 Å². The van der Waals surface area contributed by atoms with Gasteiger partial charge in [-0.05, 0) is 29.8 Å². The number of nitrogens with zero attached hydrogens (tertiary/aromatic N) is 1. The van der Waals surface area contributed by atoms with Crippen molar-refractivity contribution in [3.63, 3.8) is 0 Å². The second kappa shape index (κ2) is 6.03. The zero-order valence-corrected chi connectivity index (χ0v) is 12.8. The van der Waals surface area contributed by atoms with E-state index in [2.05, 4.69) is 0 Å². The summed E-state index contributed by atoms with van der Waals surface area (Å²) in [4.78, 5) is 11.9. The quantitative estimate of drug-likeness (QED) is 0.661. The van der Waals surface area contributed by atoms with Gasteiger partial charge < -0.3 is 9.30 Å². The SMILES string of the molecule is COC(=O)c1cccc2ccn(Cc3ccc(C(F)(F)F)cc3)c12. The zero-order valence-electron chi connectivity index (χ0n) is 12.8. The minimum absolute atomic E-state index is 0.357. The summed E-state index contributed by atoms with van der Waals surface area (Å²) < 4.78 is 44.5. The molecule has 0 saturated carbocycles. The van der Waals surface area contributed by atoms with E-state index in [0.717, 1.165) is 17.5 Å². The number of alkyl halides is 3. The molecule has 0 unspecified atom stereocenters. The van der Waals surface area contributed by atoms with Crippen LogP contribution in [0.25, 0.3) is 10.9 Å². The van der Waals surface area contributed by atoms with Crippen LogP contribution in [0, 0.1) is 0 Å². The summed E-state index contributed by atoms with van der Waals surface area (Å²) >= 11 is 0. The average molecular weight is 333 g/mol. The Morgan fingerprint density at radius 1 is 1.08 bits per heavy atom. The molecular weight excluding hydrogens is 319 g/mol. The van der Waals surface area contributed by atoms with Gasteiger partial charge in [0.2, 0.25) is 0 Å². The second-order valence-electron chi connectivity index (χ2n) is 5.37. The molecule has 124 valence electrons. The van der Waals surface area contributed by atoms with Crippen LogP contribution in [-0.4, -0.2) is 17.6 Å². The van der Waals surface area contributed by atoms with Crippen LogP contribution in [0.3, 0.4) is 0 Å². The van der Waals surface area contributed by atoms with Crippen molar-refractivity contribution in [1.82, 2.24) is 4.57 Å². The molecule has 2 aromatic carbocycles. The van der Waals surface area contributed by atoms with E-state index in [1.54, 1.807) is 18.3 Å². The van der Waals surface area contributed by atoms with Crippen molar-refractivity contribution >= 4 is 16.9 Å². The fourth-order valence-electron chi connectivity index (χ4n) is 2.66. The number of methoxy groups -OCH3 is 1. The van der Waals surface area contributed by atoms with Crippen molar-refractivity contribution in [2.75, 3.05) is 7.11 Å². The summed E-state index contributed by atoms with van der Waals surface area (Å²) in [5.41, 5.74) is 1.15. The topological polar surface area (TPSA) is 31.2 Å². The van der Waals surface area contributed by atoms with Gasteiger partial charge in [-0.15, -0.1) is 0 Å². The molecule has 0 saturated heterocycles. The molecule has 3 aromatic rings. The molecule has 0 bridgehead atoms. The molecule has 0 aliphatic heterocycles. The van der Waals surface area contributed by atoms with E-state index in [-0.39, 0.29) is 0 Å². The highest BCUT2D eigenvalue weighted by atomic mass is 19.4. The molecule has 24 heavy (non-hydrogen) atoms. The van der Waals surface area contributed by atoms with E-state index in [9.17, 15) is 18.0 Å². The normalized spacial score (nSPS) is 11.7. The Morgan fingerprint density at radius 3 is 2.42 bits per heavy atom. The Hall–Kier alpha value is -2.76. The molecule has 0 aliphatic carbocycles. The molecule has 0 fully saturated rings. The lowest BCUT2D eigenvalue weighted by Crippen LogP contribution is -2.07. The van der Waals surface area contributed by atoms with Gasteiger partial charge in [0.1, 0.15) is 0 Å². The van der Waals surface area contributed by atoms with Crippen LogP contribution in [0.2, 0.25) is 0 Å². The van der Waals surface area contributed by atoms with Crippen molar-refractivity contribution in [2.45, 2.75) is 12.7 Å². The van der Waals surface area contributed by atoms with Crippen molar-refractivity contribution in [3.8, 4) is 0 Å². The fourth-order valence-corrected chi connectivity index (χ4v) is 2.66. The number of hydrogen-bond donors (Lipinski definition) is 0. The van der Waals surface area contributed by atoms with E-state index in [1.807, 2.05) is 16.7 Å². The molecule has 1 aromatic heterocycles. The van der Waals surface area contributed by atoms with E-state index in [1.165, 1.54) is 19.2 Å². The molecule has 0 N–H and O–H groups in total. The predicted molar refractivity (Wildman–Crippen MR) is 83.8 cm³/mol. The van der Waals surface area contributed by atoms with Gasteiger partial charge in [0.05, 0.1) is 23.8 Å². The van der Waals surface area contributed by atoms with Crippen molar-refractivity contribution in [1.29, 1.82) is 0 Å². The standard InChI is InChI=1S/C18H14F3NO2/c1-24-17(23)15-4-2-3-13-9-10-22(16(13)15)11-12-5-7-14(8-6-12)18(19,20)21/h2-10H,11H2,1H3. The van der Waals surface area contributed by atoms with Gasteiger partial charge in [-0.1, -0.05) is 24.3 Å². The van der Waals surface area contributed by atoms with Gasteiger partial charge in [-0.3, -0.25) is 0 Å². The third-order valence-corrected chi connectivity index (χ3v) is 3.83. The van der Waals surface area contributed by atoms with Crippen LogP contribution in [-0.2, 0) is 17.5 Å². The number of fused-ring (bicyclic) bond motifs is 1. The molecule has 0 aliphatic rings. The number of carbonyl (C=O) groups is 1. The van der Waals surface area contributed by atoms with E-state index in [4.69, 9.17) is 4.74 Å². The Bertz CT molecular complexity index is 879. The van der Waals surface area contributed by atoms with Gasteiger partial charge in [0, 0.05) is 18.1 Å². The molecule has 6 heteroatoms. The van der Waals surface area contributed by atoms with E-state index < -0.39 is 17.7 Å². The number of rotatable bonds is 3. The van der Waals surface area contributed by atoms with Crippen molar-refractivity contribution in [3.05, 3.63) is 71.4 Å². The largest absolute Gasteiger partial charge is 0.465 e. The number of para-hydroxylation sites is 1. The summed E-state index contributed by atoms with van der Waals surface area (Å²) in [6.45, 7) is 0.357. The first-order valence-corrected chi connectivity index (χ1v) is 7.22. The summed E-state index contributed by atoms with van der Waals surface area (Å²) in [6.07, 6.45) is -2.55. The minimum Gasteiger partial charge on any atom is -0.465 e. The third kappa shape index (κ3) is 2.99. The first-order chi connectivity index (χ1) is 11.4. The first kappa shape index (κ1) is 16.1. The molecular formula is C18H14F3NO2. The number of carbonyl (C=O) groups excluding carboxylic acids is 1. The number of benzene rings is 2. The highest BCUT2D eigenvalue weighted by Gasteiger charge is 2.29. The van der Waals surface area contributed by atoms with Crippen LogP contribution < -0.4 is 0 Å². The predicted octanol–water partition coefficient (Wildman–Crippen LogP) is 4.50. The zero-order chi connectivity index (χ0) is 17.3. The van der Waals surface area contributed by atoms with Crippen LogP contribution in [0.5, 0.6) is 0 Å². The third-order valence-electron chi connectivity index (χ3n) is 3.83. The van der Waals surface area contributed by atoms with Gasteiger partial charge in [-0.2, -0.15) is 13.2 Å². The maximum absolute atomic E-state index is 12.6. The number of ether oxygens (including phenoxy) is 1. The van der Waals surface area contributed by atoms with Crippen LogP contribution in [0.4, 0.5) is 13.2 Å². The summed E-state index contributed by atoms with van der Waals surface area (Å²) in [7, 11) is 1.31. The van der Waals surface area contributed by atoms with Crippen LogP contribution in [0.15, 0.2) is 54.7 Å². The van der Waals surface area contributed by atoms with Crippen LogP contribution >= 0.6 is 0 Å². The molecule has 3 rings (SSSR count). The lowest BCUT2D eigenvalue weighted by molar-refractivity contribution is -0.137. The van der Waals surface area contributed by atoms with E-state index in [0.29, 0.717) is 23.2 Å². The van der Waals surface area contributed by atoms with Gasteiger partial charge >= 0.3 is 12.1 Å². The molecule has 0 atom stereocenters. The Labute approximate surface area is 136 Å². The lowest BCUT2D eigenvalue weighted by Gasteiger charge is -2.11. The Morgan fingerprint density at radius 2 is 1.79 bits per heavy atom. The highest BCUT2D eigenvalue weighted by Crippen LogP contribution is 2.29. The summed E-state index contributed by atoms with van der Waals surface area (Å²) in [5, 5.41) is 0.866. The fraction of sp³-hybridized carbons (Fsp3) is 0.167. The number of esters is 1. The van der Waals surface area contributed by atoms with Crippen molar-refractivity contribution < 1.29 is 22.7 Å². The molecule has 3 nitrogen and oxygen atoms in total. The van der Waals surface area contributed by atoms with Gasteiger partial charge in [0.25, 0.3) is 0 Å². The average Bonchev–Trinajstić information content (AvgIpc) is 2.97. The van der Waals surface area contributed by atoms with Gasteiger partial charge in [-0.25, -0.2) is 4.79 Å². The summed E-state index contributed by atoms with van der Waals surface area (Å²) in [6, 6.07) is 12.1. The maximum Gasteiger partial charge on any atom is 0.416 e. The maximum atomic E-state index is 12.6. The number of halogens is 3. The smallest absolute Gasteiger partial charge is 0.416 e. The molecule has 0 amide bonds. The lowest BCUT2D eigenvalue weighted by atomic mass is 10.1. The monoisotopic (exact) mass is 333 g/mol. The first-order valence-electron chi connectivity index (χ1n) is 7.22. The molecule has 0 spiro atoms. The van der Waals surface area contributed by atoms with Crippen LogP contribution in [0.1, 0.15) is 21.5 Å². The Balaban J connectivity index is 1.97.